The van der Waals surface area contributed by atoms with Crippen LogP contribution in [0, 0.1) is 0 Å². The van der Waals surface area contributed by atoms with Crippen molar-refractivity contribution in [2.24, 2.45) is 0 Å². The van der Waals surface area contributed by atoms with Crippen LogP contribution in [-0.2, 0) is 4.70 Å². The fourth-order valence-corrected chi connectivity index (χ4v) is 0.788. The van der Waals surface area contributed by atoms with E-state index in [0.717, 1.165) is 33.5 Å². The number of nitrogens with one attached hydrogen (secondary N) is 1. The van der Waals surface area contributed by atoms with Crippen LogP contribution in [0.25, 0.3) is 0 Å². The van der Waals surface area contributed by atoms with Crippen molar-refractivity contribution in [3.63, 3.8) is 0 Å². The van der Waals surface area contributed by atoms with Gasteiger partial charge in [-0.15, -0.1) is 0 Å². The summed E-state index contributed by atoms with van der Waals surface area (Å²) in [5.41, 5.74) is 0. The summed E-state index contributed by atoms with van der Waals surface area (Å²) in [6.07, 6.45) is 0. The minimum absolute atomic E-state index is 0.865. The summed E-state index contributed by atoms with van der Waals surface area (Å²) in [5.74, 6) is 0. The second kappa shape index (κ2) is 2.82. The van der Waals surface area contributed by atoms with Crippen molar-refractivity contribution in [2.75, 3.05) is 26.2 Å². The molecule has 1 heterocycles. The van der Waals surface area contributed by atoms with Crippen molar-refractivity contribution >= 4 is 7.28 Å². The monoisotopic (exact) mass is 112 g/mol. The van der Waals surface area contributed by atoms with Crippen LogP contribution in [0.2, 0.25) is 0 Å². The molecular formula is C4H9BN2O. The molecule has 1 aliphatic heterocycles. The maximum absolute atomic E-state index is 10.1. The van der Waals surface area contributed by atoms with E-state index in [1.54, 1.807) is 4.81 Å². The fourth-order valence-electron chi connectivity index (χ4n) is 0.788. The van der Waals surface area contributed by atoms with Gasteiger partial charge in [-0.1, -0.05) is 0 Å². The quantitative estimate of drug-likeness (QED) is 0.435. The van der Waals surface area contributed by atoms with E-state index in [0.29, 0.717) is 0 Å². The van der Waals surface area contributed by atoms with Crippen LogP contribution in [0.5, 0.6) is 0 Å². The molecule has 0 aromatic rings. The van der Waals surface area contributed by atoms with E-state index in [1.807, 2.05) is 0 Å². The molecule has 0 aromatic heterocycles. The molecule has 1 fully saturated rings. The predicted molar refractivity (Wildman–Crippen MR) is 30.9 cm³/mol. The number of piperazine rings is 1. The molecule has 0 bridgehead atoms. The molecule has 0 unspecified atom stereocenters. The van der Waals surface area contributed by atoms with E-state index in [4.69, 9.17) is 0 Å². The first-order valence-corrected chi connectivity index (χ1v) is 2.83. The Labute approximate surface area is 49.3 Å². The van der Waals surface area contributed by atoms with Crippen LogP contribution in [0.3, 0.4) is 0 Å². The summed E-state index contributed by atoms with van der Waals surface area (Å²) in [6.45, 7) is 3.62. The Morgan fingerprint density at radius 1 is 1.38 bits per heavy atom. The van der Waals surface area contributed by atoms with Crippen LogP contribution in [0.15, 0.2) is 0 Å². The first kappa shape index (κ1) is 5.76. The van der Waals surface area contributed by atoms with Gasteiger partial charge in [0.1, 0.15) is 0 Å². The number of nitrogens with zero attached hydrogens (tertiary/aromatic N) is 1. The third-order valence-corrected chi connectivity index (χ3v) is 1.30. The van der Waals surface area contributed by atoms with Crippen LogP contribution < -0.4 is 5.32 Å². The summed E-state index contributed by atoms with van der Waals surface area (Å²) in [4.78, 5) is 1.77. The molecule has 1 aliphatic rings. The molecule has 0 spiro atoms. The van der Waals surface area contributed by atoms with Gasteiger partial charge in [0.05, 0.1) is 0 Å². The number of hydrogen-bond donors (Lipinski definition) is 1. The van der Waals surface area contributed by atoms with Crippen molar-refractivity contribution < 1.29 is 4.70 Å². The van der Waals surface area contributed by atoms with Gasteiger partial charge in [-0.05, 0) is 0 Å². The molecule has 1 N–H and O–H groups in total. The second-order valence-corrected chi connectivity index (χ2v) is 1.89. The first-order valence-electron chi connectivity index (χ1n) is 2.83. The first-order chi connectivity index (χ1) is 3.93. The topological polar surface area (TPSA) is 32.3 Å². The number of hydrogen-bond acceptors (Lipinski definition) is 2. The molecule has 44 valence electrons. The molecular weight excluding hydrogens is 103 g/mol. The van der Waals surface area contributed by atoms with Crippen LogP contribution in [-0.4, -0.2) is 38.3 Å². The average molecular weight is 112 g/mol. The van der Waals surface area contributed by atoms with E-state index in [2.05, 4.69) is 5.32 Å². The van der Waals surface area contributed by atoms with Gasteiger partial charge >= 0.3 is 48.3 Å². The molecule has 0 atom stereocenters. The Bertz CT molecular complexity index is 82.1. The molecule has 0 aromatic carbocycles. The Kier molecular flexibility index (Phi) is 2.03. The zero-order valence-electron chi connectivity index (χ0n) is 4.76. The van der Waals surface area contributed by atoms with Crippen molar-refractivity contribution in [1.29, 1.82) is 0 Å². The van der Waals surface area contributed by atoms with Crippen molar-refractivity contribution in [1.82, 2.24) is 10.1 Å². The van der Waals surface area contributed by atoms with Crippen molar-refractivity contribution in [3.8, 4) is 0 Å². The van der Waals surface area contributed by atoms with Gasteiger partial charge in [0.15, 0.2) is 0 Å². The Balaban J connectivity index is 2.22. The van der Waals surface area contributed by atoms with E-state index < -0.39 is 0 Å². The van der Waals surface area contributed by atoms with Crippen LogP contribution >= 0.6 is 0 Å². The predicted octanol–water partition coefficient (Wildman–Crippen LogP) is -1.14. The van der Waals surface area contributed by atoms with Crippen LogP contribution in [0.1, 0.15) is 0 Å². The van der Waals surface area contributed by atoms with E-state index in [-0.39, 0.29) is 0 Å². The average Bonchev–Trinajstić information content (AvgIpc) is 1.90. The molecule has 0 aliphatic carbocycles. The maximum atomic E-state index is 10.1. The van der Waals surface area contributed by atoms with E-state index in [1.165, 1.54) is 0 Å². The second-order valence-electron chi connectivity index (χ2n) is 1.89. The summed E-state index contributed by atoms with van der Waals surface area (Å²) in [6, 6.07) is 0. The summed E-state index contributed by atoms with van der Waals surface area (Å²) in [5, 5.41) is 3.15. The van der Waals surface area contributed by atoms with E-state index in [9.17, 15) is 4.70 Å². The third-order valence-electron chi connectivity index (χ3n) is 1.30. The van der Waals surface area contributed by atoms with E-state index >= 15 is 0 Å². The molecule has 0 amide bonds. The van der Waals surface area contributed by atoms with Gasteiger partial charge in [0.2, 0.25) is 0 Å². The number of rotatable bonds is 1. The molecule has 3 nitrogen and oxygen atoms in total. The van der Waals surface area contributed by atoms with Gasteiger partial charge in [0.25, 0.3) is 0 Å². The minimum atomic E-state index is 0.865. The SMILES string of the molecule is O=BN1CCNCC1. The normalized spacial score (nSPS) is 20.2. The zero-order chi connectivity index (χ0) is 5.82. The van der Waals surface area contributed by atoms with Gasteiger partial charge in [0, 0.05) is 0 Å². The molecule has 1 saturated heterocycles. The van der Waals surface area contributed by atoms with Crippen molar-refractivity contribution in [3.05, 3.63) is 0 Å². The molecule has 4 heteroatoms. The standard InChI is InChI=1S/C4H9BN2O/c8-5-7-3-1-6-2-4-7/h6H,1-4H2. The molecule has 1 rings (SSSR count). The van der Waals surface area contributed by atoms with Gasteiger partial charge in [-0.2, -0.15) is 0 Å². The summed E-state index contributed by atoms with van der Waals surface area (Å²) >= 11 is 0. The Morgan fingerprint density at radius 3 is 2.38 bits per heavy atom. The molecule has 8 heavy (non-hydrogen) atoms. The molecule has 0 radical (unpaired) electrons. The Hall–Kier alpha value is -0.375. The van der Waals surface area contributed by atoms with Crippen molar-refractivity contribution in [2.45, 2.75) is 0 Å². The zero-order valence-corrected chi connectivity index (χ0v) is 4.76. The third kappa shape index (κ3) is 1.30. The Morgan fingerprint density at radius 2 is 2.00 bits per heavy atom. The van der Waals surface area contributed by atoms with Gasteiger partial charge in [-0.25, -0.2) is 0 Å². The van der Waals surface area contributed by atoms with Gasteiger partial charge < -0.3 is 0 Å². The summed E-state index contributed by atoms with van der Waals surface area (Å²) in [7, 11) is 0.904. The fraction of sp³-hybridized carbons (Fsp3) is 1.00. The summed E-state index contributed by atoms with van der Waals surface area (Å²) < 4.78 is 10.1. The van der Waals surface area contributed by atoms with Crippen LogP contribution in [0.4, 0.5) is 0 Å². The van der Waals surface area contributed by atoms with Gasteiger partial charge in [-0.3, -0.25) is 0 Å². The molecule has 0 saturated carbocycles.